The summed E-state index contributed by atoms with van der Waals surface area (Å²) in [6.45, 7) is 2.96. The third kappa shape index (κ3) is 4.00. The molecule has 0 bridgehead atoms. The summed E-state index contributed by atoms with van der Waals surface area (Å²) in [4.78, 5) is 13.1. The van der Waals surface area contributed by atoms with Crippen LogP contribution in [-0.2, 0) is 6.54 Å². The van der Waals surface area contributed by atoms with E-state index in [1.807, 2.05) is 49.3 Å². The minimum Gasteiger partial charge on any atom is -0.366 e. The topological polar surface area (TPSA) is 68.1 Å². The fourth-order valence-electron chi connectivity index (χ4n) is 2.89. The van der Waals surface area contributed by atoms with Gasteiger partial charge in [0.15, 0.2) is 0 Å². The van der Waals surface area contributed by atoms with Crippen molar-refractivity contribution < 1.29 is 0 Å². The molecule has 1 fully saturated rings. The molecule has 0 spiro atoms. The SMILES string of the molecule is CN(C)c1nccc(NC2CCN(Cc3ccc(C#N)cc3)C2)n1. The highest BCUT2D eigenvalue weighted by Crippen LogP contribution is 2.18. The highest BCUT2D eigenvalue weighted by molar-refractivity contribution is 5.41. The van der Waals surface area contributed by atoms with E-state index in [2.05, 4.69) is 26.3 Å². The number of aromatic nitrogens is 2. The number of nitrogens with zero attached hydrogens (tertiary/aromatic N) is 5. The number of nitrogens with one attached hydrogen (secondary N) is 1. The second-order valence-electron chi connectivity index (χ2n) is 6.31. The normalized spacial score (nSPS) is 17.5. The van der Waals surface area contributed by atoms with Crippen LogP contribution in [-0.4, -0.2) is 48.1 Å². The molecule has 2 heterocycles. The lowest BCUT2D eigenvalue weighted by Gasteiger charge is -2.18. The monoisotopic (exact) mass is 322 g/mol. The van der Waals surface area contributed by atoms with Crippen LogP contribution in [0.5, 0.6) is 0 Å². The Labute approximate surface area is 142 Å². The van der Waals surface area contributed by atoms with Crippen LogP contribution < -0.4 is 10.2 Å². The van der Waals surface area contributed by atoms with E-state index in [0.29, 0.717) is 17.6 Å². The quantitative estimate of drug-likeness (QED) is 0.909. The highest BCUT2D eigenvalue weighted by Gasteiger charge is 2.22. The van der Waals surface area contributed by atoms with Crippen LogP contribution in [0.2, 0.25) is 0 Å². The van der Waals surface area contributed by atoms with Gasteiger partial charge in [-0.25, -0.2) is 4.98 Å². The van der Waals surface area contributed by atoms with E-state index in [1.54, 1.807) is 6.20 Å². The molecule has 124 valence electrons. The zero-order chi connectivity index (χ0) is 16.9. The summed E-state index contributed by atoms with van der Waals surface area (Å²) in [6.07, 6.45) is 2.88. The third-order valence-corrected chi connectivity index (χ3v) is 4.16. The molecule has 1 unspecified atom stereocenters. The average molecular weight is 322 g/mol. The van der Waals surface area contributed by atoms with Crippen molar-refractivity contribution >= 4 is 11.8 Å². The van der Waals surface area contributed by atoms with Crippen LogP contribution in [0, 0.1) is 11.3 Å². The Bertz CT molecular complexity index is 719. The second-order valence-corrected chi connectivity index (χ2v) is 6.31. The summed E-state index contributed by atoms with van der Waals surface area (Å²) in [5.74, 6) is 1.59. The molecule has 1 atom stereocenters. The molecule has 6 heteroatoms. The van der Waals surface area contributed by atoms with Crippen LogP contribution in [0.4, 0.5) is 11.8 Å². The molecule has 1 aromatic carbocycles. The highest BCUT2D eigenvalue weighted by atomic mass is 15.2. The van der Waals surface area contributed by atoms with Crippen LogP contribution in [0.25, 0.3) is 0 Å². The molecule has 0 radical (unpaired) electrons. The van der Waals surface area contributed by atoms with Crippen molar-refractivity contribution in [3.05, 3.63) is 47.7 Å². The number of likely N-dealkylation sites (tertiary alicyclic amines) is 1. The van der Waals surface area contributed by atoms with Crippen molar-refractivity contribution in [2.75, 3.05) is 37.4 Å². The van der Waals surface area contributed by atoms with Crippen LogP contribution in [0.15, 0.2) is 36.5 Å². The first-order valence-corrected chi connectivity index (χ1v) is 8.12. The number of anilines is 2. The van der Waals surface area contributed by atoms with Gasteiger partial charge >= 0.3 is 0 Å². The van der Waals surface area contributed by atoms with E-state index in [9.17, 15) is 0 Å². The fraction of sp³-hybridized carbons (Fsp3) is 0.389. The zero-order valence-electron chi connectivity index (χ0n) is 14.1. The molecule has 6 nitrogen and oxygen atoms in total. The van der Waals surface area contributed by atoms with Gasteiger partial charge in [-0.1, -0.05) is 12.1 Å². The molecule has 0 amide bonds. The molecule has 2 aromatic rings. The Morgan fingerprint density at radius 2 is 2.08 bits per heavy atom. The molecule has 1 N–H and O–H groups in total. The first kappa shape index (κ1) is 16.2. The Kier molecular flexibility index (Phi) is 4.92. The number of benzene rings is 1. The summed E-state index contributed by atoms with van der Waals surface area (Å²) >= 11 is 0. The summed E-state index contributed by atoms with van der Waals surface area (Å²) in [5, 5.41) is 12.4. The van der Waals surface area contributed by atoms with Crippen molar-refractivity contribution in [1.29, 1.82) is 5.26 Å². The van der Waals surface area contributed by atoms with Crippen LogP contribution >= 0.6 is 0 Å². The lowest BCUT2D eigenvalue weighted by Crippen LogP contribution is -2.26. The molecule has 24 heavy (non-hydrogen) atoms. The number of hydrogen-bond donors (Lipinski definition) is 1. The number of hydrogen-bond acceptors (Lipinski definition) is 6. The summed E-state index contributed by atoms with van der Waals surface area (Å²) in [5.41, 5.74) is 1.95. The Morgan fingerprint density at radius 1 is 1.29 bits per heavy atom. The summed E-state index contributed by atoms with van der Waals surface area (Å²) < 4.78 is 0. The molecule has 0 aliphatic carbocycles. The van der Waals surface area contributed by atoms with Crippen molar-refractivity contribution in [3.8, 4) is 6.07 Å². The van der Waals surface area contributed by atoms with Gasteiger partial charge in [0, 0.05) is 46.0 Å². The predicted molar refractivity (Wildman–Crippen MR) is 94.8 cm³/mol. The standard InChI is InChI=1S/C18H22N6/c1-23(2)18-20-9-7-17(22-18)21-16-8-10-24(13-16)12-15-5-3-14(11-19)4-6-15/h3-7,9,16H,8,10,12-13H2,1-2H3,(H,20,21,22). The van der Waals surface area contributed by atoms with E-state index in [-0.39, 0.29) is 0 Å². The van der Waals surface area contributed by atoms with Crippen LogP contribution in [0.1, 0.15) is 17.5 Å². The van der Waals surface area contributed by atoms with Crippen molar-refractivity contribution in [2.24, 2.45) is 0 Å². The van der Waals surface area contributed by atoms with Crippen molar-refractivity contribution in [2.45, 2.75) is 19.0 Å². The van der Waals surface area contributed by atoms with Gasteiger partial charge in [0.1, 0.15) is 5.82 Å². The first-order chi connectivity index (χ1) is 11.6. The zero-order valence-corrected chi connectivity index (χ0v) is 14.1. The van der Waals surface area contributed by atoms with E-state index >= 15 is 0 Å². The molecule has 3 rings (SSSR count). The molecular formula is C18H22N6. The van der Waals surface area contributed by atoms with Gasteiger partial charge in [-0.05, 0) is 30.2 Å². The number of rotatable bonds is 5. The van der Waals surface area contributed by atoms with E-state index in [4.69, 9.17) is 5.26 Å². The van der Waals surface area contributed by atoms with Crippen molar-refractivity contribution in [1.82, 2.24) is 14.9 Å². The minimum absolute atomic E-state index is 0.397. The summed E-state index contributed by atoms with van der Waals surface area (Å²) in [7, 11) is 3.88. The van der Waals surface area contributed by atoms with Gasteiger partial charge < -0.3 is 10.2 Å². The van der Waals surface area contributed by atoms with Crippen molar-refractivity contribution in [3.63, 3.8) is 0 Å². The second kappa shape index (κ2) is 7.28. The van der Waals surface area contributed by atoms with Gasteiger partial charge in [0.2, 0.25) is 5.95 Å². The Balaban J connectivity index is 1.55. The minimum atomic E-state index is 0.397. The van der Waals surface area contributed by atoms with Gasteiger partial charge in [-0.3, -0.25) is 4.90 Å². The van der Waals surface area contributed by atoms with E-state index < -0.39 is 0 Å². The molecule has 0 saturated carbocycles. The van der Waals surface area contributed by atoms with Gasteiger partial charge in [-0.2, -0.15) is 10.2 Å². The first-order valence-electron chi connectivity index (χ1n) is 8.12. The van der Waals surface area contributed by atoms with Gasteiger partial charge in [-0.15, -0.1) is 0 Å². The molecule has 1 aliphatic rings. The molecule has 1 aromatic heterocycles. The molecule has 1 aliphatic heterocycles. The fourth-order valence-corrected chi connectivity index (χ4v) is 2.89. The maximum Gasteiger partial charge on any atom is 0.226 e. The lowest BCUT2D eigenvalue weighted by atomic mass is 10.1. The van der Waals surface area contributed by atoms with Gasteiger partial charge in [0.25, 0.3) is 0 Å². The average Bonchev–Trinajstić information content (AvgIpc) is 3.02. The maximum absolute atomic E-state index is 8.86. The molecule has 1 saturated heterocycles. The largest absolute Gasteiger partial charge is 0.366 e. The smallest absolute Gasteiger partial charge is 0.226 e. The van der Waals surface area contributed by atoms with E-state index in [0.717, 1.165) is 31.9 Å². The Morgan fingerprint density at radius 3 is 2.79 bits per heavy atom. The maximum atomic E-state index is 8.86. The third-order valence-electron chi connectivity index (χ3n) is 4.16. The number of nitriles is 1. The molecular weight excluding hydrogens is 300 g/mol. The summed E-state index contributed by atoms with van der Waals surface area (Å²) in [6, 6.07) is 12.3. The van der Waals surface area contributed by atoms with E-state index in [1.165, 1.54) is 5.56 Å². The lowest BCUT2D eigenvalue weighted by molar-refractivity contribution is 0.328. The van der Waals surface area contributed by atoms with Crippen LogP contribution in [0.3, 0.4) is 0 Å². The Hall–Kier alpha value is -2.65. The predicted octanol–water partition coefficient (Wildman–Crippen LogP) is 2.10. The van der Waals surface area contributed by atoms with Gasteiger partial charge in [0.05, 0.1) is 11.6 Å².